The highest BCUT2D eigenvalue weighted by Crippen LogP contribution is 2.30. The lowest BCUT2D eigenvalue weighted by atomic mass is 9.99. The summed E-state index contributed by atoms with van der Waals surface area (Å²) in [5.41, 5.74) is 3.98. The lowest BCUT2D eigenvalue weighted by molar-refractivity contribution is 0.0699. The van der Waals surface area contributed by atoms with E-state index in [4.69, 9.17) is 0 Å². The number of hydrogen-bond donors (Lipinski definition) is 1. The molecule has 1 saturated heterocycles. The average molecular weight is 425 g/mol. The van der Waals surface area contributed by atoms with Crippen LogP contribution in [0, 0.1) is 13.8 Å². The molecule has 0 radical (unpaired) electrons. The normalized spacial score (nSPS) is 15.4. The van der Waals surface area contributed by atoms with E-state index in [2.05, 4.69) is 4.98 Å². The number of piperidine rings is 1. The van der Waals surface area contributed by atoms with Crippen LogP contribution in [0.25, 0.3) is 22.2 Å². The van der Waals surface area contributed by atoms with Crippen molar-refractivity contribution in [3.05, 3.63) is 59.2 Å². The van der Waals surface area contributed by atoms with Crippen LogP contribution in [-0.2, 0) is 10.0 Å². The third-order valence-corrected chi connectivity index (χ3v) is 7.53. The summed E-state index contributed by atoms with van der Waals surface area (Å²) in [7, 11) is -3.66. The van der Waals surface area contributed by atoms with E-state index in [1.165, 1.54) is 22.5 Å². The number of carbonyl (C=O) groups is 1. The molecule has 7 heteroatoms. The number of benzene rings is 2. The highest BCUT2D eigenvalue weighted by atomic mass is 32.2. The van der Waals surface area contributed by atoms with Gasteiger partial charge in [0.05, 0.1) is 21.7 Å². The van der Waals surface area contributed by atoms with Crippen LogP contribution in [0.3, 0.4) is 0 Å². The fraction of sp³-hybridized carbons (Fsp3) is 0.304. The van der Waals surface area contributed by atoms with Gasteiger partial charge in [0.25, 0.3) is 0 Å². The zero-order valence-corrected chi connectivity index (χ0v) is 17.9. The van der Waals surface area contributed by atoms with Crippen LogP contribution in [0.5, 0.6) is 0 Å². The molecule has 156 valence electrons. The largest absolute Gasteiger partial charge is 0.478 e. The molecule has 0 unspecified atom stereocenters. The van der Waals surface area contributed by atoms with Gasteiger partial charge in [-0.15, -0.1) is 0 Å². The smallest absolute Gasteiger partial charge is 0.336 e. The summed E-state index contributed by atoms with van der Waals surface area (Å²) < 4.78 is 27.6. The van der Waals surface area contributed by atoms with Crippen LogP contribution in [0.15, 0.2) is 47.4 Å². The van der Waals surface area contributed by atoms with Crippen LogP contribution >= 0.6 is 0 Å². The van der Waals surface area contributed by atoms with Crippen molar-refractivity contribution < 1.29 is 18.3 Å². The van der Waals surface area contributed by atoms with Crippen LogP contribution < -0.4 is 0 Å². The Balaban J connectivity index is 1.88. The third-order valence-electron chi connectivity index (χ3n) is 5.63. The molecule has 0 spiro atoms. The van der Waals surface area contributed by atoms with Crippen LogP contribution in [0.2, 0.25) is 0 Å². The minimum Gasteiger partial charge on any atom is -0.478 e. The Kier molecular flexibility index (Phi) is 5.34. The summed E-state index contributed by atoms with van der Waals surface area (Å²) >= 11 is 0. The van der Waals surface area contributed by atoms with Gasteiger partial charge in [-0.2, -0.15) is 4.31 Å². The first kappa shape index (κ1) is 20.5. The van der Waals surface area contributed by atoms with E-state index >= 15 is 0 Å². The lowest BCUT2D eigenvalue weighted by Crippen LogP contribution is -2.35. The standard InChI is InChI=1S/C23H24N2O4S/c1-15-6-7-16(2)18(12-15)22-14-20(23(26)27)19-13-17(8-9-21(19)24-22)30(28,29)25-10-4-3-5-11-25/h6-9,12-14H,3-5,10-11H2,1-2H3,(H,26,27). The third kappa shape index (κ3) is 3.70. The fourth-order valence-corrected chi connectivity index (χ4v) is 5.49. The molecule has 0 aliphatic carbocycles. The van der Waals surface area contributed by atoms with Gasteiger partial charge in [0, 0.05) is 24.0 Å². The Hall–Kier alpha value is -2.77. The van der Waals surface area contributed by atoms with Gasteiger partial charge >= 0.3 is 5.97 Å². The zero-order valence-electron chi connectivity index (χ0n) is 17.1. The molecule has 0 amide bonds. The number of carboxylic acid groups (broad SMARTS) is 1. The summed E-state index contributed by atoms with van der Waals surface area (Å²) in [6.07, 6.45) is 2.71. The van der Waals surface area contributed by atoms with Crippen molar-refractivity contribution in [2.75, 3.05) is 13.1 Å². The number of fused-ring (bicyclic) bond motifs is 1. The van der Waals surface area contributed by atoms with Crippen molar-refractivity contribution in [3.63, 3.8) is 0 Å². The molecule has 30 heavy (non-hydrogen) atoms. The fourth-order valence-electron chi connectivity index (χ4n) is 3.95. The highest BCUT2D eigenvalue weighted by molar-refractivity contribution is 7.89. The van der Waals surface area contributed by atoms with Gasteiger partial charge in [0.1, 0.15) is 0 Å². The number of pyridine rings is 1. The molecule has 1 aliphatic heterocycles. The molecule has 0 bridgehead atoms. The molecule has 4 rings (SSSR count). The van der Waals surface area contributed by atoms with Gasteiger partial charge in [-0.1, -0.05) is 24.1 Å². The molecular weight excluding hydrogens is 400 g/mol. The lowest BCUT2D eigenvalue weighted by Gasteiger charge is -2.26. The van der Waals surface area contributed by atoms with Crippen molar-refractivity contribution in [1.29, 1.82) is 0 Å². The number of aryl methyl sites for hydroxylation is 2. The van der Waals surface area contributed by atoms with E-state index in [-0.39, 0.29) is 10.5 Å². The van der Waals surface area contributed by atoms with Crippen molar-refractivity contribution in [2.24, 2.45) is 0 Å². The SMILES string of the molecule is Cc1ccc(C)c(-c2cc(C(=O)O)c3cc(S(=O)(=O)N4CCCCC4)ccc3n2)c1. The monoisotopic (exact) mass is 424 g/mol. The molecule has 1 aromatic heterocycles. The highest BCUT2D eigenvalue weighted by Gasteiger charge is 2.27. The van der Waals surface area contributed by atoms with Gasteiger partial charge in [-0.25, -0.2) is 18.2 Å². The predicted molar refractivity (Wildman–Crippen MR) is 116 cm³/mol. The summed E-state index contributed by atoms with van der Waals surface area (Å²) in [5, 5.41) is 10.2. The first-order valence-corrected chi connectivity index (χ1v) is 11.5. The van der Waals surface area contributed by atoms with E-state index in [1.807, 2.05) is 32.0 Å². The van der Waals surface area contributed by atoms with Crippen molar-refractivity contribution in [2.45, 2.75) is 38.0 Å². The maximum absolute atomic E-state index is 13.0. The Labute approximate surface area is 176 Å². The Morgan fingerprint density at radius 1 is 1.00 bits per heavy atom. The summed E-state index contributed by atoms with van der Waals surface area (Å²) in [6, 6.07) is 12.1. The van der Waals surface area contributed by atoms with Gasteiger partial charge in [0.15, 0.2) is 0 Å². The van der Waals surface area contributed by atoms with E-state index in [9.17, 15) is 18.3 Å². The number of sulfonamides is 1. The van der Waals surface area contributed by atoms with Crippen LogP contribution in [-0.4, -0.2) is 41.9 Å². The predicted octanol–water partition coefficient (Wildman–Crippen LogP) is 4.39. The molecule has 2 aromatic carbocycles. The molecule has 2 heterocycles. The molecular formula is C23H24N2O4S. The van der Waals surface area contributed by atoms with E-state index < -0.39 is 16.0 Å². The van der Waals surface area contributed by atoms with E-state index in [0.29, 0.717) is 29.7 Å². The molecule has 3 aromatic rings. The van der Waals surface area contributed by atoms with Gasteiger partial charge in [-0.05, 0) is 62.6 Å². The van der Waals surface area contributed by atoms with Gasteiger partial charge in [-0.3, -0.25) is 0 Å². The maximum Gasteiger partial charge on any atom is 0.336 e. The Morgan fingerprint density at radius 3 is 2.43 bits per heavy atom. The number of aromatic carboxylic acids is 1. The number of hydrogen-bond acceptors (Lipinski definition) is 4. The van der Waals surface area contributed by atoms with Crippen LogP contribution in [0.4, 0.5) is 0 Å². The molecule has 0 saturated carbocycles. The van der Waals surface area contributed by atoms with Gasteiger partial charge in [0.2, 0.25) is 10.0 Å². The maximum atomic E-state index is 13.0. The van der Waals surface area contributed by atoms with Crippen molar-refractivity contribution in [1.82, 2.24) is 9.29 Å². The van der Waals surface area contributed by atoms with E-state index in [1.54, 1.807) is 6.07 Å². The number of nitrogens with zero attached hydrogens (tertiary/aromatic N) is 2. The number of aromatic nitrogens is 1. The number of rotatable bonds is 4. The second-order valence-electron chi connectivity index (χ2n) is 7.82. The van der Waals surface area contributed by atoms with Gasteiger partial charge < -0.3 is 5.11 Å². The zero-order chi connectivity index (χ0) is 21.5. The topological polar surface area (TPSA) is 87.6 Å². The second-order valence-corrected chi connectivity index (χ2v) is 9.76. The number of carboxylic acids is 1. The molecule has 1 fully saturated rings. The summed E-state index contributed by atoms with van der Waals surface area (Å²) in [4.78, 5) is 16.8. The molecule has 1 aliphatic rings. The molecule has 1 N–H and O–H groups in total. The molecule has 6 nitrogen and oxygen atoms in total. The van der Waals surface area contributed by atoms with Crippen LogP contribution in [0.1, 0.15) is 40.7 Å². The minimum atomic E-state index is -3.66. The first-order chi connectivity index (χ1) is 14.3. The first-order valence-electron chi connectivity index (χ1n) is 10.0. The quantitative estimate of drug-likeness (QED) is 0.671. The van der Waals surface area contributed by atoms with Crippen molar-refractivity contribution in [3.8, 4) is 11.3 Å². The summed E-state index contributed by atoms with van der Waals surface area (Å²) in [6.45, 7) is 4.92. The van der Waals surface area contributed by atoms with Crippen molar-refractivity contribution >= 4 is 26.9 Å². The Bertz CT molecular complexity index is 1250. The molecule has 0 atom stereocenters. The minimum absolute atomic E-state index is 0.0478. The summed E-state index contributed by atoms with van der Waals surface area (Å²) in [5.74, 6) is -1.11. The Morgan fingerprint density at radius 2 is 1.73 bits per heavy atom. The second kappa shape index (κ2) is 7.81. The van der Waals surface area contributed by atoms with E-state index in [0.717, 1.165) is 36.0 Å². The average Bonchev–Trinajstić information content (AvgIpc) is 2.74.